The number of anilines is 2. The monoisotopic (exact) mass is 352 g/mol. The highest BCUT2D eigenvalue weighted by Gasteiger charge is 2.33. The molecule has 0 amide bonds. The first kappa shape index (κ1) is 18.1. The second kappa shape index (κ2) is 8.15. The van der Waals surface area contributed by atoms with Crippen LogP contribution in [-0.4, -0.2) is 36.4 Å². The molecule has 0 atom stereocenters. The summed E-state index contributed by atoms with van der Waals surface area (Å²) in [7, 11) is 0. The topological polar surface area (TPSA) is 78.4 Å². The molecular formula is C21H24N2O3. The largest absolute Gasteiger partial charge is 0.396 e. The van der Waals surface area contributed by atoms with Crippen molar-refractivity contribution in [1.29, 1.82) is 0 Å². The van der Waals surface area contributed by atoms with Crippen molar-refractivity contribution in [3.05, 3.63) is 58.7 Å². The molecule has 2 aromatic carbocycles. The lowest BCUT2D eigenvalue weighted by Gasteiger charge is -2.23. The van der Waals surface area contributed by atoms with E-state index in [4.69, 9.17) is 5.11 Å². The Balaban J connectivity index is 2.00. The van der Waals surface area contributed by atoms with E-state index >= 15 is 0 Å². The van der Waals surface area contributed by atoms with Gasteiger partial charge in [0, 0.05) is 42.2 Å². The molecule has 136 valence electrons. The molecule has 0 saturated heterocycles. The number of hydrogen-bond donors (Lipinski definition) is 3. The van der Waals surface area contributed by atoms with Crippen molar-refractivity contribution in [1.82, 2.24) is 0 Å². The molecule has 1 aliphatic rings. The zero-order valence-electron chi connectivity index (χ0n) is 15.0. The summed E-state index contributed by atoms with van der Waals surface area (Å²) in [5.41, 5.74) is 3.13. The molecule has 0 aliphatic heterocycles. The Hall–Kier alpha value is -2.66. The molecule has 0 bridgehead atoms. The summed E-state index contributed by atoms with van der Waals surface area (Å²) in [6, 6.07) is 10.7. The highest BCUT2D eigenvalue weighted by atomic mass is 16.3. The first-order valence-corrected chi connectivity index (χ1v) is 9.13. The minimum atomic E-state index is -0.138. The van der Waals surface area contributed by atoms with Gasteiger partial charge in [-0.3, -0.25) is 9.59 Å². The lowest BCUT2D eigenvalue weighted by Crippen LogP contribution is -2.24. The number of hydrogen-bond acceptors (Lipinski definition) is 5. The fourth-order valence-electron chi connectivity index (χ4n) is 3.24. The highest BCUT2D eigenvalue weighted by molar-refractivity contribution is 6.31. The summed E-state index contributed by atoms with van der Waals surface area (Å²) in [6.45, 7) is 3.49. The number of fused-ring (bicyclic) bond motifs is 2. The van der Waals surface area contributed by atoms with Gasteiger partial charge >= 0.3 is 0 Å². The summed E-state index contributed by atoms with van der Waals surface area (Å²) in [4.78, 5) is 26.2. The van der Waals surface area contributed by atoms with Crippen LogP contribution in [0.3, 0.4) is 0 Å². The zero-order valence-corrected chi connectivity index (χ0v) is 15.0. The third kappa shape index (κ3) is 3.35. The van der Waals surface area contributed by atoms with Gasteiger partial charge in [0.1, 0.15) is 0 Å². The normalized spacial score (nSPS) is 12.5. The maximum atomic E-state index is 13.1. The van der Waals surface area contributed by atoms with Crippen molar-refractivity contribution < 1.29 is 14.7 Å². The fourth-order valence-corrected chi connectivity index (χ4v) is 3.24. The van der Waals surface area contributed by atoms with Crippen molar-refractivity contribution in [2.45, 2.75) is 26.2 Å². The van der Waals surface area contributed by atoms with E-state index in [1.165, 1.54) is 0 Å². The Morgan fingerprint density at radius 1 is 0.808 bits per heavy atom. The number of ketones is 2. The van der Waals surface area contributed by atoms with E-state index in [9.17, 15) is 9.59 Å². The van der Waals surface area contributed by atoms with Gasteiger partial charge in [0.15, 0.2) is 11.6 Å². The van der Waals surface area contributed by atoms with Crippen molar-refractivity contribution >= 4 is 22.9 Å². The van der Waals surface area contributed by atoms with Gasteiger partial charge in [-0.1, -0.05) is 37.6 Å². The first-order chi connectivity index (χ1) is 12.7. The van der Waals surface area contributed by atoms with E-state index in [2.05, 4.69) is 17.6 Å². The molecule has 0 radical (unpaired) electrons. The smallest absolute Gasteiger partial charge is 0.196 e. The summed E-state index contributed by atoms with van der Waals surface area (Å²) in [6.07, 6.45) is 2.63. The quantitative estimate of drug-likeness (QED) is 0.541. The Morgan fingerprint density at radius 3 is 1.77 bits per heavy atom. The number of aliphatic hydroxyl groups excluding tert-OH is 1. The van der Waals surface area contributed by atoms with Gasteiger partial charge in [-0.25, -0.2) is 0 Å². The maximum absolute atomic E-state index is 13.1. The lowest BCUT2D eigenvalue weighted by molar-refractivity contribution is 0.0980. The number of carbonyl (C=O) groups is 2. The van der Waals surface area contributed by atoms with Gasteiger partial charge < -0.3 is 15.7 Å². The van der Waals surface area contributed by atoms with Gasteiger partial charge in [0.25, 0.3) is 0 Å². The molecule has 26 heavy (non-hydrogen) atoms. The van der Waals surface area contributed by atoms with Crippen LogP contribution in [0.1, 0.15) is 58.0 Å². The van der Waals surface area contributed by atoms with E-state index < -0.39 is 0 Å². The second-order valence-electron chi connectivity index (χ2n) is 6.40. The summed E-state index contributed by atoms with van der Waals surface area (Å²) in [5.74, 6) is -0.263. The SMILES string of the molecule is CCCCNc1cccc2c1C(=O)c1cccc(NCCCO)c1C2=O. The van der Waals surface area contributed by atoms with E-state index in [0.29, 0.717) is 40.9 Å². The molecule has 0 saturated carbocycles. The number of benzene rings is 2. The van der Waals surface area contributed by atoms with Gasteiger partial charge in [-0.05, 0) is 25.0 Å². The first-order valence-electron chi connectivity index (χ1n) is 9.13. The van der Waals surface area contributed by atoms with Gasteiger partial charge in [-0.15, -0.1) is 0 Å². The summed E-state index contributed by atoms with van der Waals surface area (Å²) >= 11 is 0. The van der Waals surface area contributed by atoms with Crippen LogP contribution in [0.25, 0.3) is 0 Å². The number of rotatable bonds is 8. The number of carbonyl (C=O) groups excluding carboxylic acids is 2. The Morgan fingerprint density at radius 2 is 1.31 bits per heavy atom. The van der Waals surface area contributed by atoms with Crippen LogP contribution in [0.4, 0.5) is 11.4 Å². The van der Waals surface area contributed by atoms with E-state index in [0.717, 1.165) is 25.1 Å². The molecule has 0 aromatic heterocycles. The predicted octanol–water partition coefficient (Wildman–Crippen LogP) is 3.47. The minimum Gasteiger partial charge on any atom is -0.396 e. The van der Waals surface area contributed by atoms with E-state index in [-0.39, 0.29) is 18.2 Å². The molecule has 0 unspecified atom stereocenters. The third-order valence-electron chi connectivity index (χ3n) is 4.57. The van der Waals surface area contributed by atoms with Crippen LogP contribution in [0, 0.1) is 0 Å². The van der Waals surface area contributed by atoms with Crippen molar-refractivity contribution in [3.8, 4) is 0 Å². The fraction of sp³-hybridized carbons (Fsp3) is 0.333. The average Bonchev–Trinajstić information content (AvgIpc) is 2.66. The van der Waals surface area contributed by atoms with E-state index in [1.54, 1.807) is 24.3 Å². The molecule has 5 nitrogen and oxygen atoms in total. The molecule has 0 spiro atoms. The Labute approximate surface area is 153 Å². The van der Waals surface area contributed by atoms with Gasteiger partial charge in [-0.2, -0.15) is 0 Å². The Bertz CT molecular complexity index is 761. The van der Waals surface area contributed by atoms with Crippen molar-refractivity contribution in [2.75, 3.05) is 30.3 Å². The van der Waals surface area contributed by atoms with Crippen LogP contribution >= 0.6 is 0 Å². The molecule has 2 aromatic rings. The average molecular weight is 352 g/mol. The van der Waals surface area contributed by atoms with Crippen LogP contribution < -0.4 is 10.6 Å². The molecular weight excluding hydrogens is 328 g/mol. The predicted molar refractivity (Wildman–Crippen MR) is 103 cm³/mol. The molecule has 0 fully saturated rings. The number of aliphatic hydroxyl groups is 1. The van der Waals surface area contributed by atoms with Crippen LogP contribution in [0.2, 0.25) is 0 Å². The van der Waals surface area contributed by atoms with Crippen molar-refractivity contribution in [2.24, 2.45) is 0 Å². The van der Waals surface area contributed by atoms with Crippen molar-refractivity contribution in [3.63, 3.8) is 0 Å². The minimum absolute atomic E-state index is 0.0739. The number of unbranched alkanes of at least 4 members (excludes halogenated alkanes) is 1. The molecule has 5 heteroatoms. The number of nitrogens with one attached hydrogen (secondary N) is 2. The zero-order chi connectivity index (χ0) is 18.5. The molecule has 1 aliphatic carbocycles. The van der Waals surface area contributed by atoms with Crippen LogP contribution in [-0.2, 0) is 0 Å². The summed E-state index contributed by atoms with van der Waals surface area (Å²) in [5, 5.41) is 15.4. The van der Waals surface area contributed by atoms with Gasteiger partial charge in [0.05, 0.1) is 11.1 Å². The summed E-state index contributed by atoms with van der Waals surface area (Å²) < 4.78 is 0. The van der Waals surface area contributed by atoms with E-state index in [1.807, 2.05) is 12.1 Å². The highest BCUT2D eigenvalue weighted by Crippen LogP contribution is 2.35. The standard InChI is InChI=1S/C21H24N2O3/c1-2-3-11-22-16-9-4-7-14-18(16)20(25)15-8-5-10-17(19(15)21(14)26)23-12-6-13-24/h4-5,7-10,22-24H,2-3,6,11-13H2,1H3. The second-order valence-corrected chi connectivity index (χ2v) is 6.40. The maximum Gasteiger partial charge on any atom is 0.196 e. The van der Waals surface area contributed by atoms with Gasteiger partial charge in [0.2, 0.25) is 0 Å². The molecule has 3 N–H and O–H groups in total. The third-order valence-corrected chi connectivity index (χ3v) is 4.57. The Kier molecular flexibility index (Phi) is 5.68. The van der Waals surface area contributed by atoms with Crippen LogP contribution in [0.15, 0.2) is 36.4 Å². The molecule has 3 rings (SSSR count). The van der Waals surface area contributed by atoms with Crippen LogP contribution in [0.5, 0.6) is 0 Å². The molecule has 0 heterocycles. The lowest BCUT2D eigenvalue weighted by atomic mass is 9.82.